The maximum absolute atomic E-state index is 6.17. The van der Waals surface area contributed by atoms with E-state index in [0.29, 0.717) is 17.5 Å². The van der Waals surface area contributed by atoms with Gasteiger partial charge < -0.3 is 15.0 Å². The lowest BCUT2D eigenvalue weighted by molar-refractivity contribution is 0.212. The van der Waals surface area contributed by atoms with Crippen LogP contribution in [0.1, 0.15) is 5.56 Å². The van der Waals surface area contributed by atoms with Gasteiger partial charge in [0.2, 0.25) is 5.95 Å². The van der Waals surface area contributed by atoms with Crippen molar-refractivity contribution in [2.45, 2.75) is 19.1 Å². The van der Waals surface area contributed by atoms with Crippen molar-refractivity contribution in [1.82, 2.24) is 9.55 Å². The number of hydrogen-bond donors (Lipinski definition) is 1. The summed E-state index contributed by atoms with van der Waals surface area (Å²) in [6.07, 6.45) is 0.955. The van der Waals surface area contributed by atoms with Crippen LogP contribution in [0.2, 0.25) is 5.02 Å². The van der Waals surface area contributed by atoms with E-state index in [9.17, 15) is 0 Å². The first-order valence-corrected chi connectivity index (χ1v) is 7.25. The summed E-state index contributed by atoms with van der Waals surface area (Å²) in [6, 6.07) is 13.8. The van der Waals surface area contributed by atoms with Crippen LogP contribution in [0.25, 0.3) is 11.0 Å². The maximum Gasteiger partial charge on any atom is 0.201 e. The summed E-state index contributed by atoms with van der Waals surface area (Å²) in [5.74, 6) is 1.43. The zero-order valence-electron chi connectivity index (χ0n) is 11.3. The summed E-state index contributed by atoms with van der Waals surface area (Å²) in [7, 11) is 0. The van der Waals surface area contributed by atoms with E-state index < -0.39 is 0 Å². The number of benzene rings is 2. The number of halogens is 1. The van der Waals surface area contributed by atoms with Crippen molar-refractivity contribution in [2.24, 2.45) is 0 Å². The second-order valence-electron chi connectivity index (χ2n) is 5.24. The molecule has 4 nitrogen and oxygen atoms in total. The Morgan fingerprint density at radius 2 is 2.10 bits per heavy atom. The Labute approximate surface area is 127 Å². The van der Waals surface area contributed by atoms with E-state index in [1.165, 1.54) is 5.56 Å². The molecule has 1 aromatic heterocycles. The maximum atomic E-state index is 6.17. The monoisotopic (exact) mass is 299 g/mol. The van der Waals surface area contributed by atoms with Crippen molar-refractivity contribution in [2.75, 3.05) is 5.73 Å². The molecule has 0 saturated heterocycles. The van der Waals surface area contributed by atoms with E-state index in [1.54, 1.807) is 0 Å². The molecular weight excluding hydrogens is 286 g/mol. The van der Waals surface area contributed by atoms with Crippen LogP contribution in [-0.2, 0) is 13.0 Å². The second-order valence-corrected chi connectivity index (χ2v) is 5.65. The lowest BCUT2D eigenvalue weighted by atomic mass is 10.1. The highest BCUT2D eigenvalue weighted by atomic mass is 35.5. The van der Waals surface area contributed by atoms with Gasteiger partial charge in [-0.3, -0.25) is 0 Å². The number of nitrogen functional groups attached to an aromatic ring is 1. The van der Waals surface area contributed by atoms with Gasteiger partial charge in [0.25, 0.3) is 0 Å². The fourth-order valence-electron chi connectivity index (χ4n) is 2.88. The molecule has 0 saturated carbocycles. The molecule has 0 amide bonds. The quantitative estimate of drug-likeness (QED) is 0.790. The Kier molecular flexibility index (Phi) is 2.79. The number of hydrogen-bond acceptors (Lipinski definition) is 3. The largest absolute Gasteiger partial charge is 0.488 e. The first kappa shape index (κ1) is 12.5. The van der Waals surface area contributed by atoms with Gasteiger partial charge in [0.15, 0.2) is 0 Å². The molecule has 0 bridgehead atoms. The second kappa shape index (κ2) is 4.67. The van der Waals surface area contributed by atoms with E-state index >= 15 is 0 Å². The molecule has 0 radical (unpaired) electrons. The Bertz CT molecular complexity index is 803. The van der Waals surface area contributed by atoms with Crippen LogP contribution in [0.5, 0.6) is 5.75 Å². The Morgan fingerprint density at radius 1 is 1.24 bits per heavy atom. The van der Waals surface area contributed by atoms with Crippen LogP contribution < -0.4 is 10.5 Å². The fraction of sp³-hybridized carbons (Fsp3) is 0.188. The molecule has 2 N–H and O–H groups in total. The van der Waals surface area contributed by atoms with Crippen molar-refractivity contribution < 1.29 is 4.74 Å². The lowest BCUT2D eigenvalue weighted by Crippen LogP contribution is -2.21. The number of imidazole rings is 1. The van der Waals surface area contributed by atoms with E-state index in [-0.39, 0.29) is 6.10 Å². The first-order valence-electron chi connectivity index (χ1n) is 6.87. The lowest BCUT2D eigenvalue weighted by Gasteiger charge is -2.13. The van der Waals surface area contributed by atoms with Crippen LogP contribution in [-0.4, -0.2) is 15.7 Å². The molecule has 1 aliphatic rings. The summed E-state index contributed by atoms with van der Waals surface area (Å²) in [5.41, 5.74) is 8.97. The zero-order chi connectivity index (χ0) is 14.4. The van der Waals surface area contributed by atoms with Gasteiger partial charge in [-0.15, -0.1) is 0 Å². The van der Waals surface area contributed by atoms with Crippen LogP contribution >= 0.6 is 11.6 Å². The van der Waals surface area contributed by atoms with E-state index in [2.05, 4.69) is 11.1 Å². The van der Waals surface area contributed by atoms with E-state index in [4.69, 9.17) is 22.1 Å². The van der Waals surface area contributed by atoms with Gasteiger partial charge in [-0.2, -0.15) is 0 Å². The third kappa shape index (κ3) is 2.03. The summed E-state index contributed by atoms with van der Waals surface area (Å²) in [4.78, 5) is 4.36. The molecule has 1 unspecified atom stereocenters. The van der Waals surface area contributed by atoms with Gasteiger partial charge >= 0.3 is 0 Å². The molecule has 2 aromatic carbocycles. The summed E-state index contributed by atoms with van der Waals surface area (Å²) in [6.45, 7) is 0.664. The number of para-hydroxylation sites is 2. The van der Waals surface area contributed by atoms with Crippen LogP contribution in [0.4, 0.5) is 5.95 Å². The minimum atomic E-state index is 0.0704. The van der Waals surface area contributed by atoms with Crippen molar-refractivity contribution in [3.8, 4) is 5.75 Å². The van der Waals surface area contributed by atoms with Gasteiger partial charge in [0.1, 0.15) is 17.4 Å². The average molecular weight is 300 g/mol. The van der Waals surface area contributed by atoms with E-state index in [1.807, 2.05) is 41.0 Å². The molecule has 21 heavy (non-hydrogen) atoms. The molecule has 1 aliphatic heterocycles. The van der Waals surface area contributed by atoms with Crippen LogP contribution in [0, 0.1) is 0 Å². The molecule has 0 spiro atoms. The normalized spacial score (nSPS) is 16.9. The topological polar surface area (TPSA) is 53.1 Å². The van der Waals surface area contributed by atoms with Crippen molar-refractivity contribution in [3.63, 3.8) is 0 Å². The molecule has 3 aromatic rings. The molecule has 106 valence electrons. The summed E-state index contributed by atoms with van der Waals surface area (Å²) >= 11 is 6.17. The highest BCUT2D eigenvalue weighted by Crippen LogP contribution is 2.31. The number of aromatic nitrogens is 2. The smallest absolute Gasteiger partial charge is 0.201 e. The minimum Gasteiger partial charge on any atom is -0.488 e. The fourth-order valence-corrected chi connectivity index (χ4v) is 3.09. The van der Waals surface area contributed by atoms with Crippen molar-refractivity contribution in [3.05, 3.63) is 53.1 Å². The number of nitrogens with two attached hydrogens (primary N) is 1. The van der Waals surface area contributed by atoms with Crippen LogP contribution in [0.15, 0.2) is 42.5 Å². The number of anilines is 1. The van der Waals surface area contributed by atoms with Crippen LogP contribution in [0.3, 0.4) is 0 Å². The third-order valence-electron chi connectivity index (χ3n) is 3.86. The highest BCUT2D eigenvalue weighted by molar-refractivity contribution is 6.35. The average Bonchev–Trinajstić information content (AvgIpc) is 3.02. The predicted octanol–water partition coefficient (Wildman–Crippen LogP) is 3.28. The first-order chi connectivity index (χ1) is 10.2. The Morgan fingerprint density at radius 3 is 2.95 bits per heavy atom. The molecule has 5 heteroatoms. The molecule has 0 aliphatic carbocycles. The Balaban J connectivity index is 1.67. The van der Waals surface area contributed by atoms with Gasteiger partial charge in [-0.25, -0.2) is 4.98 Å². The van der Waals surface area contributed by atoms with Gasteiger partial charge in [-0.1, -0.05) is 35.9 Å². The van der Waals surface area contributed by atoms with E-state index in [0.717, 1.165) is 23.2 Å². The van der Waals surface area contributed by atoms with Crippen molar-refractivity contribution >= 4 is 28.6 Å². The van der Waals surface area contributed by atoms with Gasteiger partial charge in [0.05, 0.1) is 17.1 Å². The van der Waals surface area contributed by atoms with Crippen molar-refractivity contribution in [1.29, 1.82) is 0 Å². The Hall–Kier alpha value is -2.20. The summed E-state index contributed by atoms with van der Waals surface area (Å²) in [5, 5.41) is 0.619. The molecular formula is C16H14ClN3O. The number of rotatable bonds is 2. The van der Waals surface area contributed by atoms with Gasteiger partial charge in [0, 0.05) is 6.42 Å². The molecule has 0 fully saturated rings. The standard InChI is InChI=1S/C16H14ClN3O/c17-12-5-3-6-13-15(12)19-16(18)20(13)9-11-8-10-4-1-2-7-14(10)21-11/h1-7,11H,8-9H2,(H2,18,19). The number of ether oxygens (including phenoxy) is 1. The number of nitrogens with zero attached hydrogens (tertiary/aromatic N) is 2. The highest BCUT2D eigenvalue weighted by Gasteiger charge is 2.24. The SMILES string of the molecule is Nc1nc2c(Cl)cccc2n1CC1Cc2ccccc2O1. The predicted molar refractivity (Wildman–Crippen MR) is 83.7 cm³/mol. The number of fused-ring (bicyclic) bond motifs is 2. The molecule has 1 atom stereocenters. The zero-order valence-corrected chi connectivity index (χ0v) is 12.0. The minimum absolute atomic E-state index is 0.0704. The third-order valence-corrected chi connectivity index (χ3v) is 4.16. The molecule has 4 rings (SSSR count). The molecule has 2 heterocycles. The van der Waals surface area contributed by atoms with Gasteiger partial charge in [-0.05, 0) is 23.8 Å². The summed E-state index contributed by atoms with van der Waals surface area (Å²) < 4.78 is 7.95.